The third kappa shape index (κ3) is 6.21. The summed E-state index contributed by atoms with van der Waals surface area (Å²) in [4.78, 5) is 0. The molecule has 0 aromatic heterocycles. The molecule has 0 amide bonds. The molecule has 0 bridgehead atoms. The first-order valence-corrected chi connectivity index (χ1v) is 7.05. The summed E-state index contributed by atoms with van der Waals surface area (Å²) in [5.74, 6) is 0. The Balaban J connectivity index is 4.30. The summed E-state index contributed by atoms with van der Waals surface area (Å²) in [6.45, 7) is 2.10. The van der Waals surface area contributed by atoms with E-state index in [0.29, 0.717) is 0 Å². The van der Waals surface area contributed by atoms with Crippen LogP contribution in [0, 0.1) is 0 Å². The Labute approximate surface area is 106 Å². The van der Waals surface area contributed by atoms with Crippen LogP contribution in [-0.4, -0.2) is 65.2 Å². The van der Waals surface area contributed by atoms with Crippen molar-refractivity contribution >= 4 is 7.82 Å². The average molecular weight is 288 g/mol. The lowest BCUT2D eigenvalue weighted by Crippen LogP contribution is -2.41. The lowest BCUT2D eigenvalue weighted by Gasteiger charge is -2.23. The van der Waals surface area contributed by atoms with Crippen LogP contribution in [0.5, 0.6) is 0 Å². The van der Waals surface area contributed by atoms with Crippen molar-refractivity contribution in [1.29, 1.82) is 0 Å². The van der Waals surface area contributed by atoms with Crippen LogP contribution in [0.25, 0.3) is 0 Å². The zero-order valence-corrected chi connectivity index (χ0v) is 11.3. The van der Waals surface area contributed by atoms with Gasteiger partial charge in [-0.1, -0.05) is 0 Å². The van der Waals surface area contributed by atoms with Gasteiger partial charge < -0.3 is 20.4 Å². The van der Waals surface area contributed by atoms with Crippen molar-refractivity contribution in [2.75, 3.05) is 26.4 Å². The Morgan fingerprint density at radius 1 is 1.00 bits per heavy atom. The Hall–Kier alpha value is -0.0500. The van der Waals surface area contributed by atoms with Crippen molar-refractivity contribution in [1.82, 2.24) is 0 Å². The molecule has 0 aliphatic rings. The second-order valence-corrected chi connectivity index (χ2v) is 5.06. The van der Waals surface area contributed by atoms with Crippen LogP contribution in [-0.2, 0) is 18.1 Å². The molecular formula is C9H21O8P. The highest BCUT2D eigenvalue weighted by atomic mass is 31.2. The molecule has 0 spiro atoms. The van der Waals surface area contributed by atoms with Crippen molar-refractivity contribution < 1.29 is 38.6 Å². The first kappa shape index (κ1) is 17.9. The molecule has 0 rings (SSSR count). The molecule has 0 radical (unpaired) electrons. The molecule has 3 atom stereocenters. The normalized spacial score (nSPS) is 17.4. The summed E-state index contributed by atoms with van der Waals surface area (Å²) in [7, 11) is -3.77. The van der Waals surface area contributed by atoms with Crippen LogP contribution >= 0.6 is 7.82 Å². The van der Waals surface area contributed by atoms with Crippen LogP contribution in [0.15, 0.2) is 0 Å². The van der Waals surface area contributed by atoms with Gasteiger partial charge in [-0.05, 0) is 13.8 Å². The van der Waals surface area contributed by atoms with E-state index in [4.69, 9.17) is 23.8 Å². The van der Waals surface area contributed by atoms with E-state index in [-0.39, 0.29) is 13.2 Å². The van der Waals surface area contributed by atoms with Crippen LogP contribution in [0.2, 0.25) is 0 Å². The summed E-state index contributed by atoms with van der Waals surface area (Å²) in [6, 6.07) is 0. The number of hydrogen-bond donors (Lipinski definition) is 4. The number of hydrogen-bond acceptors (Lipinski definition) is 8. The number of aliphatic hydroxyl groups excluding tert-OH is 4. The third-order valence-electron chi connectivity index (χ3n) is 1.95. The van der Waals surface area contributed by atoms with Gasteiger partial charge in [-0.2, -0.15) is 0 Å². The summed E-state index contributed by atoms with van der Waals surface area (Å²) in [6.07, 6.45) is -4.66. The molecule has 9 heteroatoms. The minimum atomic E-state index is -3.77. The Morgan fingerprint density at radius 3 is 1.89 bits per heavy atom. The van der Waals surface area contributed by atoms with Gasteiger partial charge in [0.05, 0.1) is 26.4 Å². The highest BCUT2D eigenvalue weighted by Gasteiger charge is 2.30. The SMILES string of the molecule is CCOP(=O)(OCC)OC[C@H](O)[C@@H](O)[C@H](O)CO. The van der Waals surface area contributed by atoms with Gasteiger partial charge >= 0.3 is 7.82 Å². The van der Waals surface area contributed by atoms with Gasteiger partial charge in [0.1, 0.15) is 18.3 Å². The molecular weight excluding hydrogens is 267 g/mol. The Kier molecular flexibility index (Phi) is 8.93. The second-order valence-electron chi connectivity index (χ2n) is 3.39. The van der Waals surface area contributed by atoms with Gasteiger partial charge in [0.15, 0.2) is 0 Å². The third-order valence-corrected chi connectivity index (χ3v) is 3.57. The fraction of sp³-hybridized carbons (Fsp3) is 1.00. The summed E-state index contributed by atoms with van der Waals surface area (Å²) in [5, 5.41) is 36.4. The Bertz CT molecular complexity index is 251. The predicted octanol–water partition coefficient (Wildman–Crippen LogP) is -0.741. The average Bonchev–Trinajstić information content (AvgIpc) is 2.34. The van der Waals surface area contributed by atoms with E-state index in [9.17, 15) is 14.8 Å². The molecule has 110 valence electrons. The zero-order valence-electron chi connectivity index (χ0n) is 10.4. The highest BCUT2D eigenvalue weighted by molar-refractivity contribution is 7.48. The van der Waals surface area contributed by atoms with E-state index < -0.39 is 39.3 Å². The van der Waals surface area contributed by atoms with Gasteiger partial charge in [-0.15, -0.1) is 0 Å². The van der Waals surface area contributed by atoms with Gasteiger partial charge in [0, 0.05) is 0 Å². The van der Waals surface area contributed by atoms with Gasteiger partial charge in [0.2, 0.25) is 0 Å². The van der Waals surface area contributed by atoms with Crippen LogP contribution in [0.3, 0.4) is 0 Å². The highest BCUT2D eigenvalue weighted by Crippen LogP contribution is 2.49. The lowest BCUT2D eigenvalue weighted by atomic mass is 10.1. The largest absolute Gasteiger partial charge is 0.474 e. The molecule has 8 nitrogen and oxygen atoms in total. The van der Waals surface area contributed by atoms with Crippen molar-refractivity contribution in [3.63, 3.8) is 0 Å². The smallest absolute Gasteiger partial charge is 0.394 e. The molecule has 0 aromatic rings. The minimum absolute atomic E-state index is 0.0925. The maximum absolute atomic E-state index is 11.8. The first-order chi connectivity index (χ1) is 8.40. The fourth-order valence-corrected chi connectivity index (χ4v) is 2.25. The molecule has 4 N–H and O–H groups in total. The maximum atomic E-state index is 11.8. The molecule has 0 saturated carbocycles. The monoisotopic (exact) mass is 288 g/mol. The zero-order chi connectivity index (χ0) is 14.2. The summed E-state index contributed by atoms with van der Waals surface area (Å²) in [5.41, 5.74) is 0. The molecule has 0 aliphatic heterocycles. The van der Waals surface area contributed by atoms with E-state index in [1.54, 1.807) is 13.8 Å². The molecule has 0 aromatic carbocycles. The molecule has 0 aliphatic carbocycles. The van der Waals surface area contributed by atoms with Crippen molar-refractivity contribution in [2.24, 2.45) is 0 Å². The van der Waals surface area contributed by atoms with E-state index in [0.717, 1.165) is 0 Å². The van der Waals surface area contributed by atoms with Gasteiger partial charge in [-0.25, -0.2) is 4.57 Å². The first-order valence-electron chi connectivity index (χ1n) is 5.58. The van der Waals surface area contributed by atoms with Crippen molar-refractivity contribution in [2.45, 2.75) is 32.2 Å². The van der Waals surface area contributed by atoms with Crippen LogP contribution < -0.4 is 0 Å². The van der Waals surface area contributed by atoms with Crippen molar-refractivity contribution in [3.8, 4) is 0 Å². The quantitative estimate of drug-likeness (QED) is 0.387. The van der Waals surface area contributed by atoms with E-state index in [1.807, 2.05) is 0 Å². The molecule has 0 heterocycles. The Morgan fingerprint density at radius 2 is 1.50 bits per heavy atom. The predicted molar refractivity (Wildman–Crippen MR) is 61.9 cm³/mol. The summed E-state index contributed by atoms with van der Waals surface area (Å²) < 4.78 is 26.2. The lowest BCUT2D eigenvalue weighted by molar-refractivity contribution is -0.0902. The van der Waals surface area contributed by atoms with Crippen LogP contribution in [0.4, 0.5) is 0 Å². The second kappa shape index (κ2) is 8.95. The minimum Gasteiger partial charge on any atom is -0.394 e. The topological polar surface area (TPSA) is 126 Å². The molecule has 0 unspecified atom stereocenters. The van der Waals surface area contributed by atoms with Crippen LogP contribution in [0.1, 0.15) is 13.8 Å². The number of rotatable bonds is 10. The fourth-order valence-electron chi connectivity index (χ4n) is 1.06. The van der Waals surface area contributed by atoms with E-state index >= 15 is 0 Å². The molecule has 0 saturated heterocycles. The van der Waals surface area contributed by atoms with E-state index in [2.05, 4.69) is 0 Å². The maximum Gasteiger partial charge on any atom is 0.474 e. The van der Waals surface area contributed by atoms with E-state index in [1.165, 1.54) is 0 Å². The summed E-state index contributed by atoms with van der Waals surface area (Å²) >= 11 is 0. The molecule has 18 heavy (non-hydrogen) atoms. The van der Waals surface area contributed by atoms with Gasteiger partial charge in [0.25, 0.3) is 0 Å². The van der Waals surface area contributed by atoms with Gasteiger partial charge in [-0.3, -0.25) is 13.6 Å². The standard InChI is InChI=1S/C9H21O8P/c1-3-15-18(14,16-4-2)17-6-8(12)9(13)7(11)5-10/h7-13H,3-6H2,1-2H3/t7-,8+,9+/m1/s1. The molecule has 0 fully saturated rings. The number of phosphoric acid groups is 1. The number of phosphoric ester groups is 1. The number of aliphatic hydroxyl groups is 4. The van der Waals surface area contributed by atoms with Crippen molar-refractivity contribution in [3.05, 3.63) is 0 Å².